The van der Waals surface area contributed by atoms with E-state index in [1.54, 1.807) is 0 Å². The van der Waals surface area contributed by atoms with E-state index in [0.717, 1.165) is 4.90 Å². The SMILES string of the molecule is O=C(O)COCCNC(=O)N(CCO)CC(F)F. The van der Waals surface area contributed by atoms with Crippen LogP contribution in [0.5, 0.6) is 0 Å². The molecule has 0 aromatic heterocycles. The quantitative estimate of drug-likeness (QED) is 0.484. The zero-order valence-electron chi connectivity index (χ0n) is 9.64. The number of hydrogen-bond donors (Lipinski definition) is 3. The maximum absolute atomic E-state index is 12.1. The first-order valence-corrected chi connectivity index (χ1v) is 5.18. The smallest absolute Gasteiger partial charge is 0.329 e. The van der Waals surface area contributed by atoms with Crippen LogP contribution in [0.1, 0.15) is 0 Å². The number of carboxylic acids is 1. The Labute approximate surface area is 102 Å². The number of amides is 2. The molecule has 0 saturated heterocycles. The third-order valence-electron chi connectivity index (χ3n) is 1.76. The van der Waals surface area contributed by atoms with Gasteiger partial charge in [0.1, 0.15) is 6.61 Å². The molecule has 106 valence electrons. The van der Waals surface area contributed by atoms with Gasteiger partial charge in [-0.1, -0.05) is 0 Å². The van der Waals surface area contributed by atoms with E-state index < -0.39 is 38.2 Å². The predicted octanol–water partition coefficient (Wildman–Crippen LogP) is -0.643. The molecular weight excluding hydrogens is 254 g/mol. The second-order valence-electron chi connectivity index (χ2n) is 3.24. The number of carbonyl (C=O) groups is 2. The van der Waals surface area contributed by atoms with E-state index in [0.29, 0.717) is 0 Å². The highest BCUT2D eigenvalue weighted by Crippen LogP contribution is 1.98. The summed E-state index contributed by atoms with van der Waals surface area (Å²) in [6, 6.07) is -0.761. The van der Waals surface area contributed by atoms with E-state index in [1.165, 1.54) is 0 Å². The number of rotatable bonds is 9. The summed E-state index contributed by atoms with van der Waals surface area (Å²) >= 11 is 0. The number of aliphatic carboxylic acids is 1. The number of nitrogens with zero attached hydrogens (tertiary/aromatic N) is 1. The molecule has 0 atom stereocenters. The Hall–Kier alpha value is -1.48. The van der Waals surface area contributed by atoms with Gasteiger partial charge in [-0.05, 0) is 0 Å². The van der Waals surface area contributed by atoms with E-state index in [2.05, 4.69) is 10.1 Å². The molecule has 0 saturated carbocycles. The average molecular weight is 270 g/mol. The number of halogens is 2. The van der Waals surface area contributed by atoms with Crippen molar-refractivity contribution in [2.75, 3.05) is 39.5 Å². The van der Waals surface area contributed by atoms with Crippen LogP contribution in [0.15, 0.2) is 0 Å². The largest absolute Gasteiger partial charge is 0.480 e. The highest BCUT2D eigenvalue weighted by atomic mass is 19.3. The van der Waals surface area contributed by atoms with Crippen LogP contribution in [-0.4, -0.2) is 73.0 Å². The van der Waals surface area contributed by atoms with Gasteiger partial charge in [0.25, 0.3) is 6.43 Å². The first kappa shape index (κ1) is 16.5. The highest BCUT2D eigenvalue weighted by Gasteiger charge is 2.16. The molecule has 0 radical (unpaired) electrons. The van der Waals surface area contributed by atoms with Crippen molar-refractivity contribution in [3.05, 3.63) is 0 Å². The molecule has 0 fully saturated rings. The number of alkyl halides is 2. The van der Waals surface area contributed by atoms with Crippen molar-refractivity contribution in [2.24, 2.45) is 0 Å². The Balaban J connectivity index is 3.84. The van der Waals surface area contributed by atoms with Gasteiger partial charge in [-0.15, -0.1) is 0 Å². The zero-order valence-corrected chi connectivity index (χ0v) is 9.64. The van der Waals surface area contributed by atoms with Gasteiger partial charge in [0.05, 0.1) is 19.8 Å². The second kappa shape index (κ2) is 9.54. The van der Waals surface area contributed by atoms with E-state index in [-0.39, 0.29) is 19.7 Å². The number of carbonyl (C=O) groups excluding carboxylic acids is 1. The van der Waals surface area contributed by atoms with Crippen molar-refractivity contribution >= 4 is 12.0 Å². The maximum Gasteiger partial charge on any atom is 0.329 e. The fraction of sp³-hybridized carbons (Fsp3) is 0.778. The Morgan fingerprint density at radius 2 is 2.06 bits per heavy atom. The summed E-state index contributed by atoms with van der Waals surface area (Å²) in [6.07, 6.45) is -2.69. The average Bonchev–Trinajstić information content (AvgIpc) is 2.26. The number of aliphatic hydroxyl groups excluding tert-OH is 1. The van der Waals surface area contributed by atoms with Crippen molar-refractivity contribution in [2.45, 2.75) is 6.43 Å². The van der Waals surface area contributed by atoms with Gasteiger partial charge in [0, 0.05) is 13.1 Å². The van der Waals surface area contributed by atoms with Crippen LogP contribution in [0, 0.1) is 0 Å². The summed E-state index contributed by atoms with van der Waals surface area (Å²) in [5.41, 5.74) is 0. The lowest BCUT2D eigenvalue weighted by atomic mass is 10.5. The lowest BCUT2D eigenvalue weighted by Gasteiger charge is -2.21. The monoisotopic (exact) mass is 270 g/mol. The molecule has 0 aliphatic carbocycles. The molecule has 0 aromatic rings. The predicted molar refractivity (Wildman–Crippen MR) is 56.5 cm³/mol. The van der Waals surface area contributed by atoms with Gasteiger partial charge < -0.3 is 25.2 Å². The molecule has 0 aliphatic heterocycles. The number of hydrogen-bond acceptors (Lipinski definition) is 4. The minimum atomic E-state index is -2.69. The van der Waals surface area contributed by atoms with E-state index in [4.69, 9.17) is 10.2 Å². The number of nitrogens with one attached hydrogen (secondary N) is 1. The number of urea groups is 1. The van der Waals surface area contributed by atoms with E-state index in [9.17, 15) is 18.4 Å². The molecule has 0 unspecified atom stereocenters. The van der Waals surface area contributed by atoms with Crippen LogP contribution >= 0.6 is 0 Å². The van der Waals surface area contributed by atoms with Crippen molar-refractivity contribution < 1.29 is 33.3 Å². The van der Waals surface area contributed by atoms with Crippen LogP contribution in [0.2, 0.25) is 0 Å². The number of ether oxygens (including phenoxy) is 1. The summed E-state index contributed by atoms with van der Waals surface area (Å²) < 4.78 is 28.9. The van der Waals surface area contributed by atoms with Gasteiger partial charge in [0.15, 0.2) is 0 Å². The number of aliphatic hydroxyl groups is 1. The summed E-state index contributed by atoms with van der Waals surface area (Å²) in [6.45, 7) is -1.94. The molecule has 0 rings (SSSR count). The first-order valence-electron chi connectivity index (χ1n) is 5.18. The molecule has 0 heterocycles. The molecule has 0 spiro atoms. The molecule has 18 heavy (non-hydrogen) atoms. The van der Waals surface area contributed by atoms with E-state index >= 15 is 0 Å². The standard InChI is InChI=1S/C9H16F2N2O5/c10-7(11)5-13(2-3-14)9(17)12-1-4-18-6-8(15)16/h7,14H,1-6H2,(H,12,17)(H,15,16). The normalized spacial score (nSPS) is 10.4. The lowest BCUT2D eigenvalue weighted by Crippen LogP contribution is -2.44. The van der Waals surface area contributed by atoms with Crippen LogP contribution in [0.4, 0.5) is 13.6 Å². The van der Waals surface area contributed by atoms with Crippen molar-refractivity contribution in [1.29, 1.82) is 0 Å². The Bertz CT molecular complexity index is 265. The van der Waals surface area contributed by atoms with Crippen LogP contribution in [-0.2, 0) is 9.53 Å². The van der Waals surface area contributed by atoms with Gasteiger partial charge >= 0.3 is 12.0 Å². The second-order valence-corrected chi connectivity index (χ2v) is 3.24. The minimum Gasteiger partial charge on any atom is -0.480 e. The van der Waals surface area contributed by atoms with Crippen molar-refractivity contribution in [3.8, 4) is 0 Å². The summed E-state index contributed by atoms with van der Waals surface area (Å²) in [7, 11) is 0. The number of carboxylic acid groups (broad SMARTS) is 1. The Morgan fingerprint density at radius 1 is 1.39 bits per heavy atom. The molecule has 0 bridgehead atoms. The molecule has 3 N–H and O–H groups in total. The Morgan fingerprint density at radius 3 is 2.56 bits per heavy atom. The minimum absolute atomic E-state index is 0.00270. The van der Waals surface area contributed by atoms with Crippen molar-refractivity contribution in [1.82, 2.24) is 10.2 Å². The van der Waals surface area contributed by atoms with Gasteiger partial charge in [0.2, 0.25) is 0 Å². The summed E-state index contributed by atoms with van der Waals surface area (Å²) in [5, 5.41) is 19.1. The molecule has 0 aromatic carbocycles. The molecule has 7 nitrogen and oxygen atoms in total. The molecule has 9 heteroatoms. The van der Waals surface area contributed by atoms with Gasteiger partial charge in [-0.2, -0.15) is 0 Å². The topological polar surface area (TPSA) is 99.1 Å². The molecule has 0 aliphatic rings. The Kier molecular flexibility index (Phi) is 8.76. The van der Waals surface area contributed by atoms with Crippen LogP contribution < -0.4 is 5.32 Å². The fourth-order valence-corrected chi connectivity index (χ4v) is 1.06. The summed E-state index contributed by atoms with van der Waals surface area (Å²) in [4.78, 5) is 22.2. The van der Waals surface area contributed by atoms with E-state index in [1.807, 2.05) is 0 Å². The van der Waals surface area contributed by atoms with Gasteiger partial charge in [-0.3, -0.25) is 0 Å². The first-order chi connectivity index (χ1) is 8.47. The fourth-order valence-electron chi connectivity index (χ4n) is 1.06. The third kappa shape index (κ3) is 8.65. The summed E-state index contributed by atoms with van der Waals surface area (Å²) in [5.74, 6) is -1.14. The lowest BCUT2D eigenvalue weighted by molar-refractivity contribution is -0.142. The maximum atomic E-state index is 12.1. The third-order valence-corrected chi connectivity index (χ3v) is 1.76. The van der Waals surface area contributed by atoms with Crippen LogP contribution in [0.25, 0.3) is 0 Å². The molecular formula is C9H16F2N2O5. The highest BCUT2D eigenvalue weighted by molar-refractivity contribution is 5.74. The molecule has 2 amide bonds. The van der Waals surface area contributed by atoms with Crippen LogP contribution in [0.3, 0.4) is 0 Å². The van der Waals surface area contributed by atoms with Crippen molar-refractivity contribution in [3.63, 3.8) is 0 Å². The zero-order chi connectivity index (χ0) is 14.0. The van der Waals surface area contributed by atoms with Gasteiger partial charge in [-0.25, -0.2) is 18.4 Å².